The number of halogens is 1. The van der Waals surface area contributed by atoms with Crippen LogP contribution in [-0.2, 0) is 4.74 Å². The van der Waals surface area contributed by atoms with Gasteiger partial charge in [0.1, 0.15) is 17.5 Å². The lowest BCUT2D eigenvalue weighted by Gasteiger charge is -2.35. The number of fused-ring (bicyclic) bond motifs is 2. The number of hydrogen-bond donors (Lipinski definition) is 0. The summed E-state index contributed by atoms with van der Waals surface area (Å²) in [6, 6.07) is 6.70. The van der Waals surface area contributed by atoms with E-state index in [1.54, 1.807) is 17.0 Å². The first-order valence-corrected chi connectivity index (χ1v) is 8.21. The number of rotatable bonds is 1. The van der Waals surface area contributed by atoms with Gasteiger partial charge in [-0.05, 0) is 51.7 Å². The Hall–Kier alpha value is -2.35. The highest BCUT2D eigenvalue weighted by Gasteiger charge is 2.42. The molecule has 2 bridgehead atoms. The van der Waals surface area contributed by atoms with E-state index in [0.717, 1.165) is 18.4 Å². The molecular formula is C19H21FN2O2. The molecule has 1 saturated heterocycles. The van der Waals surface area contributed by atoms with Crippen LogP contribution in [0.4, 0.5) is 9.18 Å². The van der Waals surface area contributed by atoms with Crippen molar-refractivity contribution in [3.8, 4) is 6.07 Å². The lowest BCUT2D eigenvalue weighted by atomic mass is 9.93. The molecule has 2 aliphatic rings. The Kier molecular flexibility index (Phi) is 4.08. The van der Waals surface area contributed by atoms with Crippen molar-refractivity contribution in [2.24, 2.45) is 0 Å². The number of carbonyl (C=O) groups excluding carboxylic acids is 1. The Morgan fingerprint density at radius 3 is 2.75 bits per heavy atom. The summed E-state index contributed by atoms with van der Waals surface area (Å²) >= 11 is 0. The lowest BCUT2D eigenvalue weighted by molar-refractivity contribution is 0.0175. The second-order valence-corrected chi connectivity index (χ2v) is 7.36. The normalized spacial score (nSPS) is 22.8. The van der Waals surface area contributed by atoms with Crippen LogP contribution in [0.3, 0.4) is 0 Å². The number of carbonyl (C=O) groups is 1. The molecule has 5 heteroatoms. The van der Waals surface area contributed by atoms with E-state index in [4.69, 9.17) is 10.00 Å². The van der Waals surface area contributed by atoms with E-state index in [-0.39, 0.29) is 23.7 Å². The van der Waals surface area contributed by atoms with Crippen molar-refractivity contribution in [3.05, 3.63) is 41.2 Å². The summed E-state index contributed by atoms with van der Waals surface area (Å²) in [6.07, 6.45) is 3.96. The SMILES string of the molecule is CC(C)(C)OC(=O)N1C2C=C(c3cccc(C#N)c3F)CC1CC2. The van der Waals surface area contributed by atoms with Crippen molar-refractivity contribution in [3.63, 3.8) is 0 Å². The first-order chi connectivity index (χ1) is 11.3. The van der Waals surface area contributed by atoms with Gasteiger partial charge in [-0.3, -0.25) is 4.90 Å². The van der Waals surface area contributed by atoms with Crippen LogP contribution in [-0.4, -0.2) is 28.7 Å². The number of nitriles is 1. The van der Waals surface area contributed by atoms with Crippen molar-refractivity contribution in [2.45, 2.75) is 57.7 Å². The van der Waals surface area contributed by atoms with Crippen molar-refractivity contribution >= 4 is 11.7 Å². The van der Waals surface area contributed by atoms with Crippen LogP contribution in [0.15, 0.2) is 24.3 Å². The second kappa shape index (κ2) is 5.94. The average molecular weight is 328 g/mol. The molecule has 0 radical (unpaired) electrons. The number of benzene rings is 1. The molecule has 126 valence electrons. The molecule has 2 heterocycles. The maximum absolute atomic E-state index is 14.4. The highest BCUT2D eigenvalue weighted by atomic mass is 19.1. The minimum atomic E-state index is -0.534. The molecule has 1 aromatic carbocycles. The standard InChI is InChI=1S/C19H21FN2O2/c1-19(2,3)24-18(23)22-14-7-8-15(22)10-13(9-14)16-6-4-5-12(11-21)17(16)20/h4-6,9,14-15H,7-8,10H2,1-3H3. The van der Waals surface area contributed by atoms with Crippen LogP contribution in [0.5, 0.6) is 0 Å². The summed E-state index contributed by atoms with van der Waals surface area (Å²) in [4.78, 5) is 14.2. The second-order valence-electron chi connectivity index (χ2n) is 7.36. The van der Waals surface area contributed by atoms with Crippen molar-refractivity contribution in [2.75, 3.05) is 0 Å². The number of hydrogen-bond acceptors (Lipinski definition) is 3. The van der Waals surface area contributed by atoms with Gasteiger partial charge < -0.3 is 4.74 Å². The molecule has 1 amide bonds. The maximum atomic E-state index is 14.4. The largest absolute Gasteiger partial charge is 0.444 e. The summed E-state index contributed by atoms with van der Waals surface area (Å²) in [6.45, 7) is 5.54. The zero-order chi connectivity index (χ0) is 17.5. The van der Waals surface area contributed by atoms with Gasteiger partial charge in [0.2, 0.25) is 0 Å². The van der Waals surface area contributed by atoms with E-state index >= 15 is 0 Å². The quantitative estimate of drug-likeness (QED) is 0.774. The number of nitrogens with zero attached hydrogens (tertiary/aromatic N) is 2. The smallest absolute Gasteiger partial charge is 0.411 e. The molecule has 0 N–H and O–H groups in total. The third-order valence-electron chi connectivity index (χ3n) is 4.46. The molecule has 1 fully saturated rings. The fourth-order valence-electron chi connectivity index (χ4n) is 3.50. The van der Waals surface area contributed by atoms with Gasteiger partial charge in [-0.25, -0.2) is 9.18 Å². The summed E-state index contributed by atoms with van der Waals surface area (Å²) in [5, 5.41) is 9.00. The zero-order valence-electron chi connectivity index (χ0n) is 14.2. The average Bonchev–Trinajstić information content (AvgIpc) is 2.76. The Morgan fingerprint density at radius 1 is 1.38 bits per heavy atom. The van der Waals surface area contributed by atoms with E-state index in [9.17, 15) is 9.18 Å². The van der Waals surface area contributed by atoms with Gasteiger partial charge in [-0.2, -0.15) is 5.26 Å². The fourth-order valence-corrected chi connectivity index (χ4v) is 3.50. The number of amides is 1. The van der Waals surface area contributed by atoms with Crippen molar-refractivity contribution in [1.29, 1.82) is 5.26 Å². The fraction of sp³-hybridized carbons (Fsp3) is 0.474. The molecule has 2 atom stereocenters. The van der Waals surface area contributed by atoms with Gasteiger partial charge in [-0.1, -0.05) is 18.2 Å². The zero-order valence-corrected chi connectivity index (χ0v) is 14.2. The monoisotopic (exact) mass is 328 g/mol. The van der Waals surface area contributed by atoms with Crippen LogP contribution >= 0.6 is 0 Å². The summed E-state index contributed by atoms with van der Waals surface area (Å²) < 4.78 is 19.9. The number of ether oxygens (including phenoxy) is 1. The Bertz CT molecular complexity index is 743. The molecule has 2 unspecified atom stereocenters. The van der Waals surface area contributed by atoms with E-state index in [1.807, 2.05) is 32.9 Å². The summed E-state index contributed by atoms with van der Waals surface area (Å²) in [7, 11) is 0. The van der Waals surface area contributed by atoms with Gasteiger partial charge in [0.15, 0.2) is 0 Å². The minimum Gasteiger partial charge on any atom is -0.444 e. The molecule has 0 aromatic heterocycles. The highest BCUT2D eigenvalue weighted by Crippen LogP contribution is 2.40. The van der Waals surface area contributed by atoms with E-state index in [2.05, 4.69) is 0 Å². The molecule has 0 spiro atoms. The first kappa shape index (κ1) is 16.5. The van der Waals surface area contributed by atoms with Gasteiger partial charge in [0.05, 0.1) is 11.6 Å². The van der Waals surface area contributed by atoms with Gasteiger partial charge >= 0.3 is 6.09 Å². The molecule has 0 saturated carbocycles. The maximum Gasteiger partial charge on any atom is 0.411 e. The van der Waals surface area contributed by atoms with Crippen molar-refractivity contribution in [1.82, 2.24) is 4.90 Å². The minimum absolute atomic E-state index is 0.0231. The van der Waals surface area contributed by atoms with Crippen LogP contribution in [0.25, 0.3) is 5.57 Å². The third-order valence-corrected chi connectivity index (χ3v) is 4.46. The predicted molar refractivity (Wildman–Crippen MR) is 88.6 cm³/mol. The highest BCUT2D eigenvalue weighted by molar-refractivity contribution is 5.75. The van der Waals surface area contributed by atoms with Crippen LogP contribution in [0, 0.1) is 17.1 Å². The predicted octanol–water partition coefficient (Wildman–Crippen LogP) is 4.25. The van der Waals surface area contributed by atoms with Crippen LogP contribution in [0.1, 0.15) is 51.2 Å². The molecule has 2 aliphatic heterocycles. The molecular weight excluding hydrogens is 307 g/mol. The third kappa shape index (κ3) is 3.01. The van der Waals surface area contributed by atoms with Crippen LogP contribution < -0.4 is 0 Å². The van der Waals surface area contributed by atoms with Crippen molar-refractivity contribution < 1.29 is 13.9 Å². The molecule has 0 aliphatic carbocycles. The molecule has 1 aromatic rings. The van der Waals surface area contributed by atoms with Gasteiger partial charge in [0.25, 0.3) is 0 Å². The Labute approximate surface area is 141 Å². The van der Waals surface area contributed by atoms with E-state index in [0.29, 0.717) is 12.0 Å². The summed E-state index contributed by atoms with van der Waals surface area (Å²) in [5.74, 6) is -0.476. The molecule has 4 nitrogen and oxygen atoms in total. The van der Waals surface area contributed by atoms with Gasteiger partial charge in [-0.15, -0.1) is 0 Å². The van der Waals surface area contributed by atoms with Gasteiger partial charge in [0, 0.05) is 11.6 Å². The topological polar surface area (TPSA) is 53.3 Å². The summed E-state index contributed by atoms with van der Waals surface area (Å²) in [5.41, 5.74) is 0.857. The van der Waals surface area contributed by atoms with E-state index < -0.39 is 11.4 Å². The Morgan fingerprint density at radius 2 is 2.12 bits per heavy atom. The molecule has 24 heavy (non-hydrogen) atoms. The van der Waals surface area contributed by atoms with E-state index in [1.165, 1.54) is 6.07 Å². The lowest BCUT2D eigenvalue weighted by Crippen LogP contribution is -2.45. The Balaban J connectivity index is 1.88. The molecule has 3 rings (SSSR count). The first-order valence-electron chi connectivity index (χ1n) is 8.21. The van der Waals surface area contributed by atoms with Crippen LogP contribution in [0.2, 0.25) is 0 Å².